The van der Waals surface area contributed by atoms with Crippen LogP contribution in [-0.4, -0.2) is 54.2 Å². The van der Waals surface area contributed by atoms with Gasteiger partial charge in [-0.05, 0) is 48.9 Å². The first kappa shape index (κ1) is 25.1. The van der Waals surface area contributed by atoms with E-state index in [0.717, 1.165) is 28.0 Å². The molecule has 2 aromatic heterocycles. The van der Waals surface area contributed by atoms with E-state index in [4.69, 9.17) is 18.6 Å². The third kappa shape index (κ3) is 5.00. The Balaban J connectivity index is 1.46. The fourth-order valence-corrected chi connectivity index (χ4v) is 4.66. The Bertz CT molecular complexity index is 1470. The van der Waals surface area contributed by atoms with Crippen molar-refractivity contribution in [3.05, 3.63) is 67.2 Å². The number of aromatic nitrogens is 2. The van der Waals surface area contributed by atoms with Crippen molar-refractivity contribution < 1.29 is 23.4 Å². The molecule has 0 unspecified atom stereocenters. The summed E-state index contributed by atoms with van der Waals surface area (Å²) < 4.78 is 23.3. The maximum atomic E-state index is 11.9. The number of hydrogen-bond donors (Lipinski definition) is 1. The number of piperidine rings is 1. The summed E-state index contributed by atoms with van der Waals surface area (Å²) in [7, 11) is 3.23. The second-order valence-corrected chi connectivity index (χ2v) is 9.06. The first-order valence-corrected chi connectivity index (χ1v) is 12.4. The molecule has 38 heavy (non-hydrogen) atoms. The van der Waals surface area contributed by atoms with Crippen LogP contribution in [0.1, 0.15) is 18.4 Å². The quantitative estimate of drug-likeness (QED) is 0.307. The van der Waals surface area contributed by atoms with Crippen LogP contribution in [-0.2, 0) is 4.79 Å². The second-order valence-electron chi connectivity index (χ2n) is 9.06. The number of fused-ring (bicyclic) bond motifs is 1. The fraction of sp³-hybridized carbons (Fsp3) is 0.276. The molecule has 1 N–H and O–H groups in total. The van der Waals surface area contributed by atoms with E-state index in [-0.39, 0.29) is 12.0 Å². The molecule has 1 aliphatic rings. The third-order valence-electron chi connectivity index (χ3n) is 6.72. The highest BCUT2D eigenvalue weighted by atomic mass is 16.5. The maximum Gasteiger partial charge on any atom is 0.245 e. The number of carbonyl (C=O) groups is 1. The molecule has 3 heterocycles. The fourth-order valence-electron chi connectivity index (χ4n) is 4.66. The topological polar surface area (TPSA) is 99.0 Å². The summed E-state index contributed by atoms with van der Waals surface area (Å²) in [6, 6.07) is 11.5. The van der Waals surface area contributed by atoms with Gasteiger partial charge in [-0.2, -0.15) is 0 Å². The molecule has 2 aromatic carbocycles. The molecule has 0 spiro atoms. The van der Waals surface area contributed by atoms with Crippen LogP contribution in [0, 0.1) is 6.92 Å². The molecule has 1 aliphatic heterocycles. The lowest BCUT2D eigenvalue weighted by Gasteiger charge is -2.31. The molecule has 0 saturated carbocycles. The van der Waals surface area contributed by atoms with Crippen molar-refractivity contribution in [2.75, 3.05) is 32.6 Å². The van der Waals surface area contributed by atoms with Gasteiger partial charge in [0.2, 0.25) is 5.91 Å². The molecule has 1 amide bonds. The lowest BCUT2D eigenvalue weighted by Crippen LogP contribution is -2.41. The number of hydrogen-bond acceptors (Lipinski definition) is 8. The van der Waals surface area contributed by atoms with Crippen LogP contribution in [0.4, 0.5) is 11.5 Å². The zero-order valence-electron chi connectivity index (χ0n) is 21.7. The molecule has 0 bridgehead atoms. The number of rotatable bonds is 8. The molecule has 0 atom stereocenters. The van der Waals surface area contributed by atoms with Crippen LogP contribution in [0.25, 0.3) is 22.2 Å². The summed E-state index contributed by atoms with van der Waals surface area (Å²) >= 11 is 0. The summed E-state index contributed by atoms with van der Waals surface area (Å²) in [5, 5.41) is 4.18. The van der Waals surface area contributed by atoms with E-state index < -0.39 is 0 Å². The van der Waals surface area contributed by atoms with Crippen molar-refractivity contribution in [2.24, 2.45) is 0 Å². The first-order valence-electron chi connectivity index (χ1n) is 12.4. The van der Waals surface area contributed by atoms with Crippen LogP contribution >= 0.6 is 0 Å². The number of furan rings is 1. The molecule has 0 radical (unpaired) electrons. The van der Waals surface area contributed by atoms with Gasteiger partial charge in [-0.25, -0.2) is 9.97 Å². The Morgan fingerprint density at radius 2 is 1.87 bits per heavy atom. The predicted molar refractivity (Wildman–Crippen MR) is 145 cm³/mol. The van der Waals surface area contributed by atoms with Gasteiger partial charge in [0, 0.05) is 42.9 Å². The minimum Gasteiger partial charge on any atom is -0.495 e. The summed E-state index contributed by atoms with van der Waals surface area (Å²) in [6.07, 6.45) is 5.91. The third-order valence-corrected chi connectivity index (χ3v) is 6.72. The monoisotopic (exact) mass is 514 g/mol. The number of likely N-dealkylation sites (tertiary alicyclic amines) is 1. The molecule has 196 valence electrons. The van der Waals surface area contributed by atoms with E-state index in [1.807, 2.05) is 43.3 Å². The van der Waals surface area contributed by atoms with Gasteiger partial charge in [0.25, 0.3) is 0 Å². The zero-order valence-corrected chi connectivity index (χ0v) is 21.7. The minimum absolute atomic E-state index is 0.0513. The standard InChI is InChI=1S/C29H30N4O5/c1-5-27(34)33-11-8-20(9-12-33)38-26-15-21-22(16-25(26)36-4)30-17-31-29(21)32-23-14-19(6-7-24(23)35-3)28-18(2)10-13-37-28/h5-7,10,13-17,20H,1,8-9,11-12H2,2-4H3,(H,30,31,32). The Morgan fingerprint density at radius 3 is 2.55 bits per heavy atom. The molecule has 1 saturated heterocycles. The van der Waals surface area contributed by atoms with Gasteiger partial charge in [-0.15, -0.1) is 0 Å². The summed E-state index contributed by atoms with van der Waals surface area (Å²) in [6.45, 7) is 6.81. The highest BCUT2D eigenvalue weighted by Crippen LogP contribution is 2.38. The Labute approximate surface area is 221 Å². The van der Waals surface area contributed by atoms with Gasteiger partial charge in [-0.3, -0.25) is 4.79 Å². The van der Waals surface area contributed by atoms with Gasteiger partial charge in [0.05, 0.1) is 31.7 Å². The normalized spacial score (nSPS) is 13.8. The lowest BCUT2D eigenvalue weighted by atomic mass is 10.1. The van der Waals surface area contributed by atoms with Crippen LogP contribution in [0.2, 0.25) is 0 Å². The number of amides is 1. The van der Waals surface area contributed by atoms with Crippen LogP contribution < -0.4 is 19.5 Å². The number of benzene rings is 2. The highest BCUT2D eigenvalue weighted by Gasteiger charge is 2.24. The first-order chi connectivity index (χ1) is 18.5. The summed E-state index contributed by atoms with van der Waals surface area (Å²) in [5.74, 6) is 3.18. The van der Waals surface area contributed by atoms with E-state index in [9.17, 15) is 4.79 Å². The van der Waals surface area contributed by atoms with Gasteiger partial charge < -0.3 is 28.8 Å². The summed E-state index contributed by atoms with van der Waals surface area (Å²) in [5.41, 5.74) is 3.40. The van der Waals surface area contributed by atoms with E-state index in [1.165, 1.54) is 12.4 Å². The van der Waals surface area contributed by atoms with Crippen LogP contribution in [0.5, 0.6) is 17.2 Å². The molecule has 9 nitrogen and oxygen atoms in total. The Kier molecular flexibility index (Phi) is 7.17. The molecule has 0 aliphatic carbocycles. The van der Waals surface area contributed by atoms with Crippen LogP contribution in [0.3, 0.4) is 0 Å². The highest BCUT2D eigenvalue weighted by molar-refractivity contribution is 5.94. The molecule has 5 rings (SSSR count). The lowest BCUT2D eigenvalue weighted by molar-refractivity contribution is -0.127. The van der Waals surface area contributed by atoms with Crippen molar-refractivity contribution >= 4 is 28.3 Å². The average Bonchev–Trinajstić information content (AvgIpc) is 3.38. The van der Waals surface area contributed by atoms with Crippen molar-refractivity contribution in [2.45, 2.75) is 25.9 Å². The minimum atomic E-state index is -0.0543. The maximum absolute atomic E-state index is 11.9. The number of nitrogens with one attached hydrogen (secondary N) is 1. The van der Waals surface area contributed by atoms with Gasteiger partial charge >= 0.3 is 0 Å². The number of carbonyl (C=O) groups excluding carboxylic acids is 1. The van der Waals surface area contributed by atoms with E-state index in [1.54, 1.807) is 25.4 Å². The zero-order chi connectivity index (χ0) is 26.6. The van der Waals surface area contributed by atoms with Crippen molar-refractivity contribution in [1.29, 1.82) is 0 Å². The predicted octanol–water partition coefficient (Wildman–Crippen LogP) is 5.51. The largest absolute Gasteiger partial charge is 0.495 e. The smallest absolute Gasteiger partial charge is 0.245 e. The van der Waals surface area contributed by atoms with E-state index >= 15 is 0 Å². The van der Waals surface area contributed by atoms with E-state index in [2.05, 4.69) is 21.9 Å². The Hall–Kier alpha value is -4.53. The van der Waals surface area contributed by atoms with Crippen molar-refractivity contribution in [3.63, 3.8) is 0 Å². The van der Waals surface area contributed by atoms with Gasteiger partial charge in [-0.1, -0.05) is 6.58 Å². The summed E-state index contributed by atoms with van der Waals surface area (Å²) in [4.78, 5) is 22.7. The number of ether oxygens (including phenoxy) is 3. The number of anilines is 2. The van der Waals surface area contributed by atoms with Crippen molar-refractivity contribution in [3.8, 4) is 28.6 Å². The number of nitrogens with zero attached hydrogens (tertiary/aromatic N) is 3. The SMILES string of the molecule is C=CC(=O)N1CCC(Oc2cc3c(Nc4cc(-c5occc5C)ccc4OC)ncnc3cc2OC)CC1. The van der Waals surface area contributed by atoms with Gasteiger partial charge in [0.1, 0.15) is 29.8 Å². The van der Waals surface area contributed by atoms with Gasteiger partial charge in [0.15, 0.2) is 11.5 Å². The Morgan fingerprint density at radius 1 is 1.08 bits per heavy atom. The molecule has 9 heteroatoms. The van der Waals surface area contributed by atoms with Crippen LogP contribution in [0.15, 0.2) is 66.1 Å². The average molecular weight is 515 g/mol. The number of methoxy groups -OCH3 is 2. The molecule has 1 fully saturated rings. The van der Waals surface area contributed by atoms with E-state index in [0.29, 0.717) is 54.5 Å². The molecular formula is C29H30N4O5. The molecule has 4 aromatic rings. The van der Waals surface area contributed by atoms with Crippen molar-refractivity contribution in [1.82, 2.24) is 14.9 Å². The molecular weight excluding hydrogens is 484 g/mol. The number of aryl methyl sites for hydroxylation is 1. The second kappa shape index (κ2) is 10.8.